The molecule has 2 N–H and O–H groups in total. The molecule has 90 valence electrons. The molecule has 0 aliphatic carbocycles. The molecule has 0 unspecified atom stereocenters. The summed E-state index contributed by atoms with van der Waals surface area (Å²) >= 11 is 0. The molecule has 0 rings (SSSR count). The zero-order valence-electron chi connectivity index (χ0n) is 9.50. The summed E-state index contributed by atoms with van der Waals surface area (Å²) in [5.74, 6) is -0.0960. The second-order valence-electron chi connectivity index (χ2n) is 3.12. The fraction of sp³-hybridized carbons (Fsp3) is 0.636. The monoisotopic (exact) mass is 225 g/mol. The van der Waals surface area contributed by atoms with Crippen molar-refractivity contribution < 1.29 is 9.53 Å². The van der Waals surface area contributed by atoms with E-state index in [1.165, 1.54) is 0 Å². The van der Waals surface area contributed by atoms with Gasteiger partial charge in [-0.25, -0.2) is 0 Å². The highest BCUT2D eigenvalue weighted by atomic mass is 16.5. The van der Waals surface area contributed by atoms with Crippen molar-refractivity contribution in [3.05, 3.63) is 12.7 Å². The molecule has 16 heavy (non-hydrogen) atoms. The van der Waals surface area contributed by atoms with Crippen LogP contribution in [0.25, 0.3) is 0 Å². The molecular weight excluding hydrogens is 206 g/mol. The van der Waals surface area contributed by atoms with E-state index in [0.717, 1.165) is 6.42 Å². The van der Waals surface area contributed by atoms with Gasteiger partial charge in [-0.2, -0.15) is 5.26 Å². The fourth-order valence-electron chi connectivity index (χ4n) is 0.935. The lowest BCUT2D eigenvalue weighted by atomic mass is 10.4. The number of hydrogen-bond donors (Lipinski definition) is 2. The van der Waals surface area contributed by atoms with Crippen LogP contribution in [0, 0.1) is 11.3 Å². The zero-order valence-corrected chi connectivity index (χ0v) is 9.50. The molecule has 0 saturated heterocycles. The average molecular weight is 225 g/mol. The minimum Gasteiger partial charge on any atom is -0.380 e. The van der Waals surface area contributed by atoms with E-state index in [9.17, 15) is 4.79 Å². The minimum absolute atomic E-state index is 0.0960. The third-order valence-electron chi connectivity index (χ3n) is 1.73. The molecule has 1 amide bonds. The Kier molecular flexibility index (Phi) is 10.7. The van der Waals surface area contributed by atoms with Crippen molar-refractivity contribution in [2.45, 2.75) is 12.8 Å². The van der Waals surface area contributed by atoms with Gasteiger partial charge in [0.05, 0.1) is 32.2 Å². The van der Waals surface area contributed by atoms with Gasteiger partial charge >= 0.3 is 0 Å². The van der Waals surface area contributed by atoms with Gasteiger partial charge in [-0.05, 0) is 6.42 Å². The maximum Gasteiger partial charge on any atom is 0.233 e. The van der Waals surface area contributed by atoms with E-state index in [1.54, 1.807) is 6.08 Å². The highest BCUT2D eigenvalue weighted by Gasteiger charge is 1.98. The second-order valence-corrected chi connectivity index (χ2v) is 3.12. The first-order chi connectivity index (χ1) is 7.81. The van der Waals surface area contributed by atoms with E-state index >= 15 is 0 Å². The van der Waals surface area contributed by atoms with Crippen molar-refractivity contribution in [1.29, 1.82) is 5.26 Å². The van der Waals surface area contributed by atoms with E-state index < -0.39 is 0 Å². The van der Waals surface area contributed by atoms with Crippen LogP contribution in [0.1, 0.15) is 12.8 Å². The summed E-state index contributed by atoms with van der Waals surface area (Å²) in [5.41, 5.74) is 0. The van der Waals surface area contributed by atoms with Crippen LogP contribution in [0.15, 0.2) is 12.7 Å². The van der Waals surface area contributed by atoms with Crippen molar-refractivity contribution >= 4 is 5.91 Å². The number of carbonyl (C=O) groups is 1. The molecule has 0 aliphatic rings. The molecule has 0 aromatic carbocycles. The summed E-state index contributed by atoms with van der Waals surface area (Å²) in [6, 6.07) is 1.96. The predicted octanol–water partition coefficient (Wildman–Crippen LogP) is 0.199. The molecule has 5 heteroatoms. The second kappa shape index (κ2) is 11.7. The first-order valence-corrected chi connectivity index (χ1v) is 5.34. The number of nitrogens with one attached hydrogen (secondary N) is 2. The van der Waals surface area contributed by atoms with E-state index in [0.29, 0.717) is 32.7 Å². The molecule has 0 heterocycles. The third-order valence-corrected chi connectivity index (χ3v) is 1.73. The molecule has 0 spiro atoms. The topological polar surface area (TPSA) is 74.2 Å². The van der Waals surface area contributed by atoms with Crippen molar-refractivity contribution in [2.75, 3.05) is 32.8 Å². The molecule has 0 saturated carbocycles. The average Bonchev–Trinajstić information content (AvgIpc) is 2.28. The van der Waals surface area contributed by atoms with E-state index in [2.05, 4.69) is 17.2 Å². The van der Waals surface area contributed by atoms with E-state index in [-0.39, 0.29) is 12.5 Å². The van der Waals surface area contributed by atoms with Crippen molar-refractivity contribution in [3.63, 3.8) is 0 Å². The number of rotatable bonds is 10. The normalized spacial score (nSPS) is 9.44. The van der Waals surface area contributed by atoms with Crippen LogP contribution in [-0.4, -0.2) is 38.8 Å². The first kappa shape index (κ1) is 14.6. The van der Waals surface area contributed by atoms with Crippen LogP contribution in [0.4, 0.5) is 0 Å². The molecule has 0 radical (unpaired) electrons. The van der Waals surface area contributed by atoms with Crippen LogP contribution >= 0.6 is 0 Å². The SMILES string of the molecule is C=CCCOCCNCC(=O)NCCC#N. The molecule has 5 nitrogen and oxygen atoms in total. The lowest BCUT2D eigenvalue weighted by Crippen LogP contribution is -2.35. The maximum absolute atomic E-state index is 11.1. The van der Waals surface area contributed by atoms with Gasteiger partial charge in [-0.1, -0.05) is 6.08 Å². The van der Waals surface area contributed by atoms with Crippen molar-refractivity contribution in [3.8, 4) is 6.07 Å². The fourth-order valence-corrected chi connectivity index (χ4v) is 0.935. The van der Waals surface area contributed by atoms with Gasteiger partial charge in [0.1, 0.15) is 0 Å². The number of nitrogens with zero attached hydrogens (tertiary/aromatic N) is 1. The maximum atomic E-state index is 11.1. The zero-order chi connectivity index (χ0) is 12.1. The van der Waals surface area contributed by atoms with Gasteiger partial charge in [0.2, 0.25) is 5.91 Å². The molecule has 0 bridgehead atoms. The van der Waals surface area contributed by atoms with Gasteiger partial charge in [-0.3, -0.25) is 4.79 Å². The summed E-state index contributed by atoms with van der Waals surface area (Å²) in [5, 5.41) is 13.8. The minimum atomic E-state index is -0.0960. The summed E-state index contributed by atoms with van der Waals surface area (Å²) in [4.78, 5) is 11.1. The van der Waals surface area contributed by atoms with Crippen LogP contribution in [0.3, 0.4) is 0 Å². The number of carbonyl (C=O) groups excluding carboxylic acids is 1. The third kappa shape index (κ3) is 10.7. The number of nitriles is 1. The number of hydrogen-bond acceptors (Lipinski definition) is 4. The van der Waals surface area contributed by atoms with E-state index in [1.807, 2.05) is 6.07 Å². The number of amides is 1. The van der Waals surface area contributed by atoms with E-state index in [4.69, 9.17) is 10.00 Å². The Morgan fingerprint density at radius 2 is 2.25 bits per heavy atom. The van der Waals surface area contributed by atoms with Crippen LogP contribution in [-0.2, 0) is 9.53 Å². The Morgan fingerprint density at radius 1 is 1.44 bits per heavy atom. The largest absolute Gasteiger partial charge is 0.380 e. The smallest absolute Gasteiger partial charge is 0.233 e. The highest BCUT2D eigenvalue weighted by molar-refractivity contribution is 5.77. The standard InChI is InChI=1S/C11H19N3O2/c1-2-3-8-16-9-7-13-10-11(15)14-6-4-5-12/h2,13H,1,3-4,6-10H2,(H,14,15). The summed E-state index contributed by atoms with van der Waals surface area (Å²) in [6.07, 6.45) is 2.99. The summed E-state index contributed by atoms with van der Waals surface area (Å²) in [7, 11) is 0. The molecule has 0 aliphatic heterocycles. The molecule has 0 aromatic rings. The highest BCUT2D eigenvalue weighted by Crippen LogP contribution is 1.81. The molecular formula is C11H19N3O2. The summed E-state index contributed by atoms with van der Waals surface area (Å²) in [6.45, 7) is 6.14. The van der Waals surface area contributed by atoms with Gasteiger partial charge in [0, 0.05) is 13.1 Å². The summed E-state index contributed by atoms with van der Waals surface area (Å²) < 4.78 is 5.25. The van der Waals surface area contributed by atoms with Crippen molar-refractivity contribution in [1.82, 2.24) is 10.6 Å². The van der Waals surface area contributed by atoms with Crippen molar-refractivity contribution in [2.24, 2.45) is 0 Å². The number of ether oxygens (including phenoxy) is 1. The Labute approximate surface area is 96.5 Å². The van der Waals surface area contributed by atoms with Crippen LogP contribution in [0.2, 0.25) is 0 Å². The lowest BCUT2D eigenvalue weighted by Gasteiger charge is -2.05. The Balaban J connectivity index is 3.15. The van der Waals surface area contributed by atoms with Gasteiger partial charge in [-0.15, -0.1) is 6.58 Å². The quantitative estimate of drug-likeness (QED) is 0.411. The van der Waals surface area contributed by atoms with Gasteiger partial charge < -0.3 is 15.4 Å². The van der Waals surface area contributed by atoms with Crippen LogP contribution < -0.4 is 10.6 Å². The Morgan fingerprint density at radius 3 is 2.94 bits per heavy atom. The lowest BCUT2D eigenvalue weighted by molar-refractivity contribution is -0.120. The Hall–Kier alpha value is -1.38. The first-order valence-electron chi connectivity index (χ1n) is 5.34. The molecule has 0 aromatic heterocycles. The van der Waals surface area contributed by atoms with Gasteiger partial charge in [0.15, 0.2) is 0 Å². The van der Waals surface area contributed by atoms with Crippen LogP contribution in [0.5, 0.6) is 0 Å². The van der Waals surface area contributed by atoms with Gasteiger partial charge in [0.25, 0.3) is 0 Å². The predicted molar refractivity (Wildman–Crippen MR) is 61.7 cm³/mol. The molecule has 0 fully saturated rings. The Bertz CT molecular complexity index is 236. The molecule has 0 atom stereocenters.